The van der Waals surface area contributed by atoms with Crippen molar-refractivity contribution in [2.24, 2.45) is 4.99 Å². The number of rotatable bonds is 7. The number of amides is 2. The predicted molar refractivity (Wildman–Crippen MR) is 173 cm³/mol. The molecule has 1 unspecified atom stereocenters. The monoisotopic (exact) mass is 604 g/mol. The van der Waals surface area contributed by atoms with Crippen LogP contribution in [0.4, 0.5) is 5.69 Å². The lowest BCUT2D eigenvalue weighted by atomic mass is 9.96. The van der Waals surface area contributed by atoms with E-state index in [0.717, 1.165) is 73.6 Å². The van der Waals surface area contributed by atoms with Crippen LogP contribution in [0, 0.1) is 13.8 Å². The average Bonchev–Trinajstić information content (AvgIpc) is 3.43. The number of nitrogens with zero attached hydrogens (tertiary/aromatic N) is 5. The first-order valence-corrected chi connectivity index (χ1v) is 15.6. The molecule has 1 saturated heterocycles. The summed E-state index contributed by atoms with van der Waals surface area (Å²) in [5.41, 5.74) is 5.98. The molecule has 3 aliphatic rings. The van der Waals surface area contributed by atoms with E-state index in [-0.39, 0.29) is 17.4 Å². The number of carbonyl (C=O) groups is 2. The summed E-state index contributed by atoms with van der Waals surface area (Å²) in [5.74, 6) is -0.118. The normalized spacial score (nSPS) is 18.1. The van der Waals surface area contributed by atoms with Crippen LogP contribution >= 0.6 is 0 Å². The number of fused-ring (bicyclic) bond motifs is 1. The highest BCUT2D eigenvalue weighted by Gasteiger charge is 2.38. The molecule has 1 atom stereocenters. The van der Waals surface area contributed by atoms with Crippen LogP contribution in [0.15, 0.2) is 70.5 Å². The molecule has 1 N–H and O–H groups in total. The van der Waals surface area contributed by atoms with Gasteiger partial charge >= 0.3 is 0 Å². The summed E-state index contributed by atoms with van der Waals surface area (Å²) in [6, 6.07) is 18.9. The molecule has 0 saturated carbocycles. The van der Waals surface area contributed by atoms with E-state index < -0.39 is 6.17 Å². The average molecular weight is 605 g/mol. The quantitative estimate of drug-likeness (QED) is 0.324. The SMILES string of the molecule is Cc1cc2c3c(c1)C(c1ccccc1)=NC(n1c(C)nc4cc(C(=O)NCCCN5CCOCC5)ccc4c1=O)C(=O)N3CC2. The zero-order valence-electron chi connectivity index (χ0n) is 25.6. The standard InChI is InChI=1S/C35H36N6O4/c1-22-19-25-11-14-40-31(25)28(20-22)30(24-7-4-3-5-8-24)38-32(35(40)44)41-23(2)37-29-21-26(9-10-27(29)34(41)43)33(42)36-12-6-13-39-15-17-45-18-16-39/h3-5,7-10,19-21,32H,6,11-18H2,1-2H3,(H,36,42). The Labute approximate surface area is 261 Å². The van der Waals surface area contributed by atoms with Crippen molar-refractivity contribution in [1.29, 1.82) is 0 Å². The summed E-state index contributed by atoms with van der Waals surface area (Å²) in [7, 11) is 0. The number of morpholine rings is 1. The molecular weight excluding hydrogens is 568 g/mol. The van der Waals surface area contributed by atoms with Crippen molar-refractivity contribution in [2.45, 2.75) is 32.9 Å². The fourth-order valence-corrected chi connectivity index (χ4v) is 6.66. The molecule has 7 rings (SSSR count). The Morgan fingerprint density at radius 1 is 1.00 bits per heavy atom. The summed E-state index contributed by atoms with van der Waals surface area (Å²) >= 11 is 0. The van der Waals surface area contributed by atoms with Gasteiger partial charge in [-0.2, -0.15) is 0 Å². The van der Waals surface area contributed by atoms with Crippen molar-refractivity contribution in [3.8, 4) is 0 Å². The molecule has 45 heavy (non-hydrogen) atoms. The van der Waals surface area contributed by atoms with Gasteiger partial charge in [0, 0.05) is 42.9 Å². The number of benzene rings is 3. The molecule has 3 aliphatic heterocycles. The lowest BCUT2D eigenvalue weighted by molar-refractivity contribution is -0.121. The Morgan fingerprint density at radius 2 is 1.80 bits per heavy atom. The third-order valence-corrected chi connectivity index (χ3v) is 8.87. The van der Waals surface area contributed by atoms with E-state index in [9.17, 15) is 14.4 Å². The number of hydrogen-bond donors (Lipinski definition) is 1. The maximum atomic E-state index is 14.2. The molecule has 0 bridgehead atoms. The third-order valence-electron chi connectivity index (χ3n) is 8.87. The summed E-state index contributed by atoms with van der Waals surface area (Å²) in [6.07, 6.45) is 0.453. The minimum absolute atomic E-state index is 0.212. The third kappa shape index (κ3) is 5.44. The van der Waals surface area contributed by atoms with Crippen molar-refractivity contribution in [2.75, 3.05) is 50.8 Å². The van der Waals surface area contributed by atoms with Gasteiger partial charge in [-0.05, 0) is 63.1 Å². The molecule has 0 aliphatic carbocycles. The molecule has 1 fully saturated rings. The van der Waals surface area contributed by atoms with E-state index in [1.54, 1.807) is 30.0 Å². The minimum Gasteiger partial charge on any atom is -0.379 e. The molecule has 4 aromatic rings. The molecule has 230 valence electrons. The first kappa shape index (κ1) is 29.1. The smallest absolute Gasteiger partial charge is 0.272 e. The van der Waals surface area contributed by atoms with Crippen molar-refractivity contribution >= 4 is 34.1 Å². The second-order valence-electron chi connectivity index (χ2n) is 11.9. The Balaban J connectivity index is 1.22. The van der Waals surface area contributed by atoms with Gasteiger partial charge in [0.1, 0.15) is 5.82 Å². The van der Waals surface area contributed by atoms with Gasteiger partial charge in [0.05, 0.1) is 35.5 Å². The number of aryl methyl sites for hydroxylation is 2. The summed E-state index contributed by atoms with van der Waals surface area (Å²) in [4.78, 5) is 55.1. The Kier molecular flexibility index (Phi) is 7.76. The van der Waals surface area contributed by atoms with Gasteiger partial charge in [-0.3, -0.25) is 23.9 Å². The number of carbonyl (C=O) groups excluding carboxylic acids is 2. The molecule has 4 heterocycles. The van der Waals surface area contributed by atoms with E-state index in [2.05, 4.69) is 22.3 Å². The summed E-state index contributed by atoms with van der Waals surface area (Å²) < 4.78 is 6.79. The van der Waals surface area contributed by atoms with Gasteiger partial charge in [-0.15, -0.1) is 0 Å². The van der Waals surface area contributed by atoms with Crippen LogP contribution in [0.5, 0.6) is 0 Å². The number of hydrogen-bond acceptors (Lipinski definition) is 7. The van der Waals surface area contributed by atoms with E-state index in [1.807, 2.05) is 37.3 Å². The van der Waals surface area contributed by atoms with Crippen LogP contribution in [0.1, 0.15) is 51.0 Å². The second-order valence-corrected chi connectivity index (χ2v) is 11.9. The lowest BCUT2D eigenvalue weighted by Gasteiger charge is -2.26. The van der Waals surface area contributed by atoms with E-state index in [4.69, 9.17) is 14.7 Å². The summed E-state index contributed by atoms with van der Waals surface area (Å²) in [6.45, 7) is 9.07. The van der Waals surface area contributed by atoms with Crippen LogP contribution in [0.25, 0.3) is 10.9 Å². The molecule has 0 spiro atoms. The van der Waals surface area contributed by atoms with Crippen LogP contribution in [-0.4, -0.2) is 77.9 Å². The van der Waals surface area contributed by atoms with E-state index >= 15 is 0 Å². The maximum absolute atomic E-state index is 14.2. The first-order chi connectivity index (χ1) is 21.9. The maximum Gasteiger partial charge on any atom is 0.272 e. The largest absolute Gasteiger partial charge is 0.379 e. The van der Waals surface area contributed by atoms with Crippen molar-refractivity contribution < 1.29 is 14.3 Å². The van der Waals surface area contributed by atoms with Gasteiger partial charge in [0.25, 0.3) is 17.4 Å². The highest BCUT2D eigenvalue weighted by atomic mass is 16.5. The topological polar surface area (TPSA) is 109 Å². The van der Waals surface area contributed by atoms with E-state index in [1.165, 1.54) is 4.57 Å². The van der Waals surface area contributed by atoms with Gasteiger partial charge in [-0.1, -0.05) is 42.0 Å². The number of ether oxygens (including phenoxy) is 1. The number of aliphatic imine (C=N–C) groups is 1. The van der Waals surface area contributed by atoms with E-state index in [0.29, 0.717) is 41.1 Å². The van der Waals surface area contributed by atoms with Gasteiger partial charge < -0.3 is 15.0 Å². The molecule has 1 aromatic heterocycles. The zero-order valence-corrected chi connectivity index (χ0v) is 25.6. The zero-order chi connectivity index (χ0) is 31.1. The lowest BCUT2D eigenvalue weighted by Crippen LogP contribution is -2.39. The molecule has 10 nitrogen and oxygen atoms in total. The van der Waals surface area contributed by atoms with Gasteiger partial charge in [0.2, 0.25) is 6.17 Å². The highest BCUT2D eigenvalue weighted by molar-refractivity contribution is 6.20. The molecule has 0 radical (unpaired) electrons. The first-order valence-electron chi connectivity index (χ1n) is 15.6. The Morgan fingerprint density at radius 3 is 2.60 bits per heavy atom. The molecule has 10 heteroatoms. The fourth-order valence-electron chi connectivity index (χ4n) is 6.66. The highest BCUT2D eigenvalue weighted by Crippen LogP contribution is 2.39. The Hall–Kier alpha value is -4.67. The minimum atomic E-state index is -1.13. The van der Waals surface area contributed by atoms with Crippen LogP contribution in [0.2, 0.25) is 0 Å². The van der Waals surface area contributed by atoms with Gasteiger partial charge in [0.15, 0.2) is 0 Å². The summed E-state index contributed by atoms with van der Waals surface area (Å²) in [5, 5.41) is 3.31. The van der Waals surface area contributed by atoms with Crippen molar-refractivity contribution in [3.63, 3.8) is 0 Å². The number of nitrogens with one attached hydrogen (secondary N) is 1. The van der Waals surface area contributed by atoms with Crippen LogP contribution in [0.3, 0.4) is 0 Å². The Bertz CT molecular complexity index is 1890. The van der Waals surface area contributed by atoms with Crippen LogP contribution in [-0.2, 0) is 16.0 Å². The number of aromatic nitrogens is 2. The predicted octanol–water partition coefficient (Wildman–Crippen LogP) is 3.40. The number of anilines is 1. The van der Waals surface area contributed by atoms with Crippen LogP contribution < -0.4 is 15.8 Å². The van der Waals surface area contributed by atoms with Crippen molar-refractivity contribution in [1.82, 2.24) is 19.8 Å². The second kappa shape index (κ2) is 12.0. The van der Waals surface area contributed by atoms with Gasteiger partial charge in [-0.25, -0.2) is 9.98 Å². The fraction of sp³-hybridized carbons (Fsp3) is 0.343. The van der Waals surface area contributed by atoms with Crippen molar-refractivity contribution in [3.05, 3.63) is 105 Å². The molecule has 2 amide bonds. The molecule has 3 aromatic carbocycles. The molecular formula is C35H36N6O4.